The predicted molar refractivity (Wildman–Crippen MR) is 81.4 cm³/mol. The molecule has 1 unspecified atom stereocenters. The lowest BCUT2D eigenvalue weighted by Gasteiger charge is -2.11. The highest BCUT2D eigenvalue weighted by molar-refractivity contribution is 7.99. The SMILES string of the molecule is Cc1cccc(SCC(N)CCc2nccn2C)c1. The van der Waals surface area contributed by atoms with Crippen molar-refractivity contribution in [2.45, 2.75) is 30.7 Å². The molecule has 0 radical (unpaired) electrons. The van der Waals surface area contributed by atoms with Crippen LogP contribution >= 0.6 is 11.8 Å². The van der Waals surface area contributed by atoms with Crippen LogP contribution in [0, 0.1) is 6.92 Å². The van der Waals surface area contributed by atoms with Crippen molar-refractivity contribution in [2.75, 3.05) is 5.75 Å². The Kier molecular flexibility index (Phi) is 5.05. The third kappa shape index (κ3) is 4.40. The number of aryl methyl sites for hydroxylation is 3. The van der Waals surface area contributed by atoms with Gasteiger partial charge in [0, 0.05) is 42.6 Å². The topological polar surface area (TPSA) is 43.8 Å². The molecule has 0 aliphatic carbocycles. The molecule has 102 valence electrons. The van der Waals surface area contributed by atoms with Crippen LogP contribution in [0.2, 0.25) is 0 Å². The summed E-state index contributed by atoms with van der Waals surface area (Å²) in [6, 6.07) is 8.77. The molecule has 0 aliphatic heterocycles. The number of thioether (sulfide) groups is 1. The van der Waals surface area contributed by atoms with E-state index in [1.54, 1.807) is 0 Å². The van der Waals surface area contributed by atoms with Gasteiger partial charge in [-0.05, 0) is 25.5 Å². The second-order valence-electron chi connectivity index (χ2n) is 4.88. The third-order valence-corrected chi connectivity index (χ3v) is 4.30. The minimum atomic E-state index is 0.210. The lowest BCUT2D eigenvalue weighted by Crippen LogP contribution is -2.24. The van der Waals surface area contributed by atoms with Crippen LogP contribution in [-0.4, -0.2) is 21.3 Å². The van der Waals surface area contributed by atoms with Crippen LogP contribution in [0.15, 0.2) is 41.6 Å². The average Bonchev–Trinajstić information content (AvgIpc) is 2.80. The quantitative estimate of drug-likeness (QED) is 0.824. The normalized spacial score (nSPS) is 12.6. The number of nitrogens with zero attached hydrogens (tertiary/aromatic N) is 2. The van der Waals surface area contributed by atoms with E-state index >= 15 is 0 Å². The van der Waals surface area contributed by atoms with Crippen molar-refractivity contribution >= 4 is 11.8 Å². The molecule has 2 rings (SSSR count). The van der Waals surface area contributed by atoms with Crippen molar-refractivity contribution in [3.05, 3.63) is 48.0 Å². The van der Waals surface area contributed by atoms with E-state index in [-0.39, 0.29) is 6.04 Å². The summed E-state index contributed by atoms with van der Waals surface area (Å²) in [7, 11) is 2.02. The molecule has 0 amide bonds. The summed E-state index contributed by atoms with van der Waals surface area (Å²) >= 11 is 1.83. The van der Waals surface area contributed by atoms with Gasteiger partial charge < -0.3 is 10.3 Å². The molecule has 0 saturated carbocycles. The molecule has 2 N–H and O–H groups in total. The Morgan fingerprint density at radius 2 is 2.26 bits per heavy atom. The molecule has 19 heavy (non-hydrogen) atoms. The zero-order valence-electron chi connectivity index (χ0n) is 11.5. The second-order valence-corrected chi connectivity index (χ2v) is 5.97. The molecule has 1 aromatic carbocycles. The van der Waals surface area contributed by atoms with Crippen molar-refractivity contribution in [3.63, 3.8) is 0 Å². The van der Waals surface area contributed by atoms with Gasteiger partial charge in [0.25, 0.3) is 0 Å². The van der Waals surface area contributed by atoms with Crippen LogP contribution in [0.5, 0.6) is 0 Å². The minimum Gasteiger partial charge on any atom is -0.338 e. The number of nitrogens with two attached hydrogens (primary N) is 1. The fraction of sp³-hybridized carbons (Fsp3) is 0.400. The molecule has 0 bridgehead atoms. The Hall–Kier alpha value is -1.26. The third-order valence-electron chi connectivity index (χ3n) is 3.11. The Balaban J connectivity index is 1.76. The maximum absolute atomic E-state index is 6.17. The van der Waals surface area contributed by atoms with Gasteiger partial charge in [-0.25, -0.2) is 4.98 Å². The molecule has 0 fully saturated rings. The minimum absolute atomic E-state index is 0.210. The van der Waals surface area contributed by atoms with Gasteiger partial charge in [-0.2, -0.15) is 0 Å². The smallest absolute Gasteiger partial charge is 0.108 e. The van der Waals surface area contributed by atoms with E-state index in [1.165, 1.54) is 10.5 Å². The molecule has 3 nitrogen and oxygen atoms in total. The fourth-order valence-electron chi connectivity index (χ4n) is 1.94. The maximum Gasteiger partial charge on any atom is 0.108 e. The van der Waals surface area contributed by atoms with E-state index in [1.807, 2.05) is 31.2 Å². The summed E-state index contributed by atoms with van der Waals surface area (Å²) in [5, 5.41) is 0. The summed E-state index contributed by atoms with van der Waals surface area (Å²) in [5.74, 6) is 2.06. The first-order chi connectivity index (χ1) is 9.15. The highest BCUT2D eigenvalue weighted by Crippen LogP contribution is 2.20. The summed E-state index contributed by atoms with van der Waals surface area (Å²) < 4.78 is 2.06. The molecule has 0 aliphatic rings. The van der Waals surface area contributed by atoms with Crippen LogP contribution in [0.25, 0.3) is 0 Å². The van der Waals surface area contributed by atoms with Gasteiger partial charge in [0.1, 0.15) is 5.82 Å². The molecule has 0 spiro atoms. The molecule has 2 aromatic rings. The van der Waals surface area contributed by atoms with Gasteiger partial charge in [-0.1, -0.05) is 17.7 Å². The summed E-state index contributed by atoms with van der Waals surface area (Å²) in [6.45, 7) is 2.12. The highest BCUT2D eigenvalue weighted by Gasteiger charge is 2.06. The first-order valence-electron chi connectivity index (χ1n) is 6.56. The van der Waals surface area contributed by atoms with Crippen molar-refractivity contribution in [2.24, 2.45) is 12.8 Å². The van der Waals surface area contributed by atoms with E-state index in [0.29, 0.717) is 0 Å². The van der Waals surface area contributed by atoms with Crippen molar-refractivity contribution in [1.82, 2.24) is 9.55 Å². The van der Waals surface area contributed by atoms with Crippen LogP contribution in [0.1, 0.15) is 17.8 Å². The van der Waals surface area contributed by atoms with Crippen LogP contribution in [0.4, 0.5) is 0 Å². The van der Waals surface area contributed by atoms with E-state index in [0.717, 1.165) is 24.4 Å². The second kappa shape index (κ2) is 6.78. The van der Waals surface area contributed by atoms with Gasteiger partial charge in [-0.15, -0.1) is 11.8 Å². The van der Waals surface area contributed by atoms with E-state index in [4.69, 9.17) is 5.73 Å². The monoisotopic (exact) mass is 275 g/mol. The van der Waals surface area contributed by atoms with Gasteiger partial charge in [-0.3, -0.25) is 0 Å². The van der Waals surface area contributed by atoms with E-state index < -0.39 is 0 Å². The van der Waals surface area contributed by atoms with Crippen molar-refractivity contribution < 1.29 is 0 Å². The Morgan fingerprint density at radius 1 is 1.42 bits per heavy atom. The molecule has 0 saturated heterocycles. The number of rotatable bonds is 6. The zero-order valence-corrected chi connectivity index (χ0v) is 12.4. The van der Waals surface area contributed by atoms with E-state index in [2.05, 4.69) is 40.7 Å². The number of imidazole rings is 1. The van der Waals surface area contributed by atoms with Gasteiger partial charge in [0.2, 0.25) is 0 Å². The average molecular weight is 275 g/mol. The lowest BCUT2D eigenvalue weighted by atomic mass is 10.2. The maximum atomic E-state index is 6.17. The molecule has 1 heterocycles. The lowest BCUT2D eigenvalue weighted by molar-refractivity contribution is 0.639. The zero-order chi connectivity index (χ0) is 13.7. The van der Waals surface area contributed by atoms with Crippen LogP contribution in [0.3, 0.4) is 0 Å². The summed E-state index contributed by atoms with van der Waals surface area (Å²) in [5.41, 5.74) is 7.47. The number of benzene rings is 1. The van der Waals surface area contributed by atoms with E-state index in [9.17, 15) is 0 Å². The molecular weight excluding hydrogens is 254 g/mol. The standard InChI is InChI=1S/C15H21N3S/c1-12-4-3-5-14(10-12)19-11-13(16)6-7-15-17-8-9-18(15)2/h3-5,8-10,13H,6-7,11,16H2,1-2H3. The highest BCUT2D eigenvalue weighted by atomic mass is 32.2. The molecular formula is C15H21N3S. The number of hydrogen-bond acceptors (Lipinski definition) is 3. The summed E-state index contributed by atoms with van der Waals surface area (Å²) in [6.07, 6.45) is 5.73. The number of hydrogen-bond donors (Lipinski definition) is 1. The van der Waals surface area contributed by atoms with Crippen LogP contribution < -0.4 is 5.73 Å². The molecule has 1 aromatic heterocycles. The first kappa shape index (κ1) is 14.2. The largest absolute Gasteiger partial charge is 0.338 e. The van der Waals surface area contributed by atoms with Crippen LogP contribution in [-0.2, 0) is 13.5 Å². The predicted octanol–water partition coefficient (Wildman–Crippen LogP) is 2.78. The van der Waals surface area contributed by atoms with Gasteiger partial charge >= 0.3 is 0 Å². The Labute approximate surface area is 119 Å². The fourth-order valence-corrected chi connectivity index (χ4v) is 2.96. The summed E-state index contributed by atoms with van der Waals surface area (Å²) in [4.78, 5) is 5.62. The Bertz CT molecular complexity index is 522. The first-order valence-corrected chi connectivity index (χ1v) is 7.55. The van der Waals surface area contributed by atoms with Crippen molar-refractivity contribution in [1.29, 1.82) is 0 Å². The number of aromatic nitrogens is 2. The van der Waals surface area contributed by atoms with Crippen molar-refractivity contribution in [3.8, 4) is 0 Å². The Morgan fingerprint density at radius 3 is 2.95 bits per heavy atom. The van der Waals surface area contributed by atoms with Gasteiger partial charge in [0.15, 0.2) is 0 Å². The van der Waals surface area contributed by atoms with Gasteiger partial charge in [0.05, 0.1) is 0 Å². The molecule has 4 heteroatoms. The molecule has 1 atom stereocenters.